The van der Waals surface area contributed by atoms with Crippen molar-refractivity contribution in [2.24, 2.45) is 23.5 Å². The third-order valence-corrected chi connectivity index (χ3v) is 4.47. The number of thiocarbonyl (C=S) groups is 1. The predicted molar refractivity (Wildman–Crippen MR) is 79.7 cm³/mol. The first kappa shape index (κ1) is 12.9. The van der Waals surface area contributed by atoms with Crippen LogP contribution >= 0.6 is 12.2 Å². The molecule has 0 amide bonds. The minimum absolute atomic E-state index is 0.235. The molecule has 0 saturated heterocycles. The first-order valence-electron chi connectivity index (χ1n) is 6.98. The number of nitrogens with one attached hydrogen (secondary N) is 1. The summed E-state index contributed by atoms with van der Waals surface area (Å²) in [6.45, 7) is 0.888. The summed E-state index contributed by atoms with van der Waals surface area (Å²) in [5.41, 5.74) is 6.64. The summed E-state index contributed by atoms with van der Waals surface area (Å²) in [7, 11) is 0. The Morgan fingerprint density at radius 2 is 1.95 bits per heavy atom. The molecule has 4 heteroatoms. The fraction of sp³-hybridized carbons (Fsp3) is 0.533. The van der Waals surface area contributed by atoms with Crippen LogP contribution in [0.3, 0.4) is 0 Å². The van der Waals surface area contributed by atoms with Gasteiger partial charge in [0.15, 0.2) is 0 Å². The third kappa shape index (κ3) is 3.06. The Hall–Kier alpha value is -1.16. The molecule has 0 radical (unpaired) electrons. The number of benzene rings is 1. The van der Waals surface area contributed by atoms with Crippen LogP contribution in [0.4, 0.5) is 10.1 Å². The normalized spacial score (nSPS) is 18.6. The summed E-state index contributed by atoms with van der Waals surface area (Å²) in [6, 6.07) is 4.92. The van der Waals surface area contributed by atoms with Gasteiger partial charge in [-0.1, -0.05) is 12.2 Å². The van der Waals surface area contributed by atoms with Gasteiger partial charge in [0.1, 0.15) is 10.8 Å². The van der Waals surface area contributed by atoms with Gasteiger partial charge in [0.25, 0.3) is 0 Å². The Kier molecular flexibility index (Phi) is 3.44. The zero-order chi connectivity index (χ0) is 13.4. The van der Waals surface area contributed by atoms with Gasteiger partial charge in [-0.2, -0.15) is 0 Å². The van der Waals surface area contributed by atoms with Crippen LogP contribution < -0.4 is 11.1 Å². The van der Waals surface area contributed by atoms with E-state index in [1.165, 1.54) is 31.7 Å². The van der Waals surface area contributed by atoms with Crippen molar-refractivity contribution in [1.82, 2.24) is 0 Å². The molecule has 2 aliphatic carbocycles. The highest BCUT2D eigenvalue weighted by Crippen LogP contribution is 2.49. The molecule has 1 aromatic rings. The summed E-state index contributed by atoms with van der Waals surface area (Å²) >= 11 is 4.85. The molecule has 0 bridgehead atoms. The maximum Gasteiger partial charge on any atom is 0.146 e. The molecular weight excluding hydrogens is 259 g/mol. The minimum Gasteiger partial charge on any atom is -0.389 e. The largest absolute Gasteiger partial charge is 0.389 e. The van der Waals surface area contributed by atoms with E-state index >= 15 is 0 Å². The van der Waals surface area contributed by atoms with E-state index in [9.17, 15) is 4.39 Å². The first-order valence-corrected chi connectivity index (χ1v) is 7.39. The quantitative estimate of drug-likeness (QED) is 0.784. The topological polar surface area (TPSA) is 38.0 Å². The van der Waals surface area contributed by atoms with Crippen molar-refractivity contribution in [3.63, 3.8) is 0 Å². The second-order valence-electron chi connectivity index (χ2n) is 5.78. The number of anilines is 1. The van der Waals surface area contributed by atoms with Gasteiger partial charge < -0.3 is 11.1 Å². The summed E-state index contributed by atoms with van der Waals surface area (Å²) in [6.07, 6.45) is 5.41. The molecule has 0 aliphatic heterocycles. The molecule has 3 N–H and O–H groups in total. The maximum absolute atomic E-state index is 13.9. The lowest BCUT2D eigenvalue weighted by molar-refractivity contribution is 0.427. The summed E-state index contributed by atoms with van der Waals surface area (Å²) in [5.74, 6) is 2.21. The molecule has 0 spiro atoms. The van der Waals surface area contributed by atoms with Crippen molar-refractivity contribution >= 4 is 22.9 Å². The fourth-order valence-electron chi connectivity index (χ4n) is 2.81. The smallest absolute Gasteiger partial charge is 0.146 e. The average molecular weight is 278 g/mol. The molecule has 2 fully saturated rings. The van der Waals surface area contributed by atoms with Gasteiger partial charge >= 0.3 is 0 Å². The van der Waals surface area contributed by atoms with Crippen molar-refractivity contribution in [2.45, 2.75) is 25.7 Å². The van der Waals surface area contributed by atoms with Crippen LogP contribution in [0.1, 0.15) is 31.2 Å². The summed E-state index contributed by atoms with van der Waals surface area (Å²) in [4.78, 5) is 0.235. The zero-order valence-electron chi connectivity index (χ0n) is 10.9. The highest BCUT2D eigenvalue weighted by Gasteiger charge is 2.41. The van der Waals surface area contributed by atoms with E-state index in [2.05, 4.69) is 5.32 Å². The van der Waals surface area contributed by atoms with Crippen LogP contribution in [-0.4, -0.2) is 11.5 Å². The van der Waals surface area contributed by atoms with Crippen molar-refractivity contribution in [3.05, 3.63) is 29.6 Å². The van der Waals surface area contributed by atoms with E-state index in [0.29, 0.717) is 11.3 Å². The molecular formula is C15H19FN2S. The molecule has 0 atom stereocenters. The lowest BCUT2D eigenvalue weighted by Crippen LogP contribution is -2.19. The number of nitrogens with two attached hydrogens (primary N) is 1. The van der Waals surface area contributed by atoms with E-state index in [4.69, 9.17) is 18.0 Å². The average Bonchev–Trinajstić information content (AvgIpc) is 3.25. The Balaban J connectivity index is 1.64. The Bertz CT molecular complexity index is 483. The highest BCUT2D eigenvalue weighted by atomic mass is 32.1. The van der Waals surface area contributed by atoms with Crippen LogP contribution in [0.25, 0.3) is 0 Å². The number of hydrogen-bond acceptors (Lipinski definition) is 2. The summed E-state index contributed by atoms with van der Waals surface area (Å²) < 4.78 is 13.9. The SMILES string of the molecule is NC(=S)c1ccc(NCC(C2CC2)C2CC2)c(F)c1. The van der Waals surface area contributed by atoms with Crippen LogP contribution in [0.5, 0.6) is 0 Å². The number of halogens is 1. The first-order chi connectivity index (χ1) is 9.15. The zero-order valence-corrected chi connectivity index (χ0v) is 11.7. The third-order valence-electron chi connectivity index (χ3n) is 4.24. The van der Waals surface area contributed by atoms with E-state index in [-0.39, 0.29) is 10.8 Å². The van der Waals surface area contributed by atoms with Crippen molar-refractivity contribution in [2.75, 3.05) is 11.9 Å². The monoisotopic (exact) mass is 278 g/mol. The van der Waals surface area contributed by atoms with E-state index in [1.54, 1.807) is 12.1 Å². The molecule has 0 unspecified atom stereocenters. The van der Waals surface area contributed by atoms with Crippen LogP contribution in [0, 0.1) is 23.6 Å². The Morgan fingerprint density at radius 1 is 1.32 bits per heavy atom. The van der Waals surface area contributed by atoms with Gasteiger partial charge in [0, 0.05) is 12.1 Å². The van der Waals surface area contributed by atoms with E-state index < -0.39 is 0 Å². The molecule has 2 nitrogen and oxygen atoms in total. The lowest BCUT2D eigenvalue weighted by atomic mass is 9.98. The van der Waals surface area contributed by atoms with Gasteiger partial charge in [0.2, 0.25) is 0 Å². The van der Waals surface area contributed by atoms with Gasteiger partial charge in [-0.05, 0) is 61.6 Å². The molecule has 2 saturated carbocycles. The van der Waals surface area contributed by atoms with Crippen LogP contribution in [0.2, 0.25) is 0 Å². The van der Waals surface area contributed by atoms with Gasteiger partial charge in [-0.15, -0.1) is 0 Å². The van der Waals surface area contributed by atoms with Crippen molar-refractivity contribution in [1.29, 1.82) is 0 Å². The standard InChI is InChI=1S/C15H19FN2S/c16-13-7-11(15(17)19)5-6-14(13)18-8-12(9-1-2-9)10-3-4-10/h5-7,9-10,12,18H,1-4,8H2,(H2,17,19). The van der Waals surface area contributed by atoms with Gasteiger partial charge in [-0.3, -0.25) is 0 Å². The Morgan fingerprint density at radius 3 is 2.42 bits per heavy atom. The van der Waals surface area contributed by atoms with Crippen molar-refractivity contribution in [3.8, 4) is 0 Å². The number of hydrogen-bond donors (Lipinski definition) is 2. The second kappa shape index (κ2) is 5.08. The lowest BCUT2D eigenvalue weighted by Gasteiger charge is -2.17. The fourth-order valence-corrected chi connectivity index (χ4v) is 2.93. The molecule has 2 aliphatic rings. The molecule has 102 valence electrons. The van der Waals surface area contributed by atoms with Crippen LogP contribution in [0.15, 0.2) is 18.2 Å². The maximum atomic E-state index is 13.9. The van der Waals surface area contributed by atoms with E-state index in [0.717, 1.165) is 24.3 Å². The molecule has 3 rings (SSSR count). The van der Waals surface area contributed by atoms with Gasteiger partial charge in [-0.25, -0.2) is 4.39 Å². The molecule has 1 aromatic carbocycles. The van der Waals surface area contributed by atoms with Gasteiger partial charge in [0.05, 0.1) is 5.69 Å². The van der Waals surface area contributed by atoms with E-state index in [1.807, 2.05) is 0 Å². The molecule has 0 heterocycles. The van der Waals surface area contributed by atoms with Crippen molar-refractivity contribution < 1.29 is 4.39 Å². The summed E-state index contributed by atoms with van der Waals surface area (Å²) in [5, 5.41) is 3.26. The Labute approximate surface area is 118 Å². The molecule has 19 heavy (non-hydrogen) atoms. The molecule has 0 aromatic heterocycles. The second-order valence-corrected chi connectivity index (χ2v) is 6.22. The minimum atomic E-state index is -0.268. The number of rotatable bonds is 6. The predicted octanol–water partition coefficient (Wildman–Crippen LogP) is 3.31. The highest BCUT2D eigenvalue weighted by molar-refractivity contribution is 7.80. The van der Waals surface area contributed by atoms with Crippen LogP contribution in [-0.2, 0) is 0 Å².